The molecule has 1 amide bonds. The SMILES string of the molecule is C=CCOc1c(I)cc(/C=N/NC(=O)c2ccc(OC)cc2)cc1OC. The van der Waals surface area contributed by atoms with Crippen LogP contribution in [-0.4, -0.2) is 32.9 Å². The molecule has 2 rings (SSSR count). The summed E-state index contributed by atoms with van der Waals surface area (Å²) in [5.74, 6) is 1.61. The van der Waals surface area contributed by atoms with Crippen molar-refractivity contribution in [2.45, 2.75) is 0 Å². The van der Waals surface area contributed by atoms with Crippen molar-refractivity contribution in [1.82, 2.24) is 5.43 Å². The number of halogens is 1. The third-order valence-electron chi connectivity index (χ3n) is 3.33. The molecule has 1 N–H and O–H groups in total. The smallest absolute Gasteiger partial charge is 0.271 e. The molecule has 0 aliphatic carbocycles. The Labute approximate surface area is 166 Å². The average molecular weight is 466 g/mol. The molecule has 26 heavy (non-hydrogen) atoms. The number of nitrogens with one attached hydrogen (secondary N) is 1. The number of hydrogen-bond donors (Lipinski definition) is 1. The fourth-order valence-corrected chi connectivity index (χ4v) is 2.85. The molecule has 0 atom stereocenters. The highest BCUT2D eigenvalue weighted by molar-refractivity contribution is 14.1. The Bertz CT molecular complexity index is 804. The quantitative estimate of drug-likeness (QED) is 0.279. The van der Waals surface area contributed by atoms with E-state index < -0.39 is 0 Å². The molecule has 0 heterocycles. The van der Waals surface area contributed by atoms with Crippen LogP contribution in [0.2, 0.25) is 0 Å². The number of nitrogens with zero attached hydrogens (tertiary/aromatic N) is 1. The molecule has 0 aromatic heterocycles. The maximum absolute atomic E-state index is 12.1. The highest BCUT2D eigenvalue weighted by atomic mass is 127. The number of hydrogen-bond acceptors (Lipinski definition) is 5. The number of rotatable bonds is 8. The van der Waals surface area contributed by atoms with Gasteiger partial charge in [-0.2, -0.15) is 5.10 Å². The lowest BCUT2D eigenvalue weighted by Gasteiger charge is -2.12. The van der Waals surface area contributed by atoms with Gasteiger partial charge in [0.1, 0.15) is 12.4 Å². The van der Waals surface area contributed by atoms with Crippen LogP contribution in [0.1, 0.15) is 15.9 Å². The van der Waals surface area contributed by atoms with Crippen molar-refractivity contribution in [3.05, 3.63) is 63.8 Å². The minimum atomic E-state index is -0.309. The van der Waals surface area contributed by atoms with Gasteiger partial charge in [-0.05, 0) is 64.6 Å². The third kappa shape index (κ3) is 5.22. The predicted octanol–water partition coefficient (Wildman–Crippen LogP) is 3.64. The van der Waals surface area contributed by atoms with E-state index in [1.54, 1.807) is 56.8 Å². The van der Waals surface area contributed by atoms with E-state index in [2.05, 4.69) is 39.7 Å². The van der Waals surface area contributed by atoms with Crippen molar-refractivity contribution in [3.63, 3.8) is 0 Å². The Morgan fingerprint density at radius 1 is 1.23 bits per heavy atom. The van der Waals surface area contributed by atoms with E-state index in [0.717, 1.165) is 9.13 Å². The van der Waals surface area contributed by atoms with E-state index >= 15 is 0 Å². The summed E-state index contributed by atoms with van der Waals surface area (Å²) in [6.07, 6.45) is 3.21. The molecular formula is C19H19IN2O4. The normalized spacial score (nSPS) is 10.4. The van der Waals surface area contributed by atoms with Crippen molar-refractivity contribution in [2.24, 2.45) is 5.10 Å². The Morgan fingerprint density at radius 3 is 2.58 bits per heavy atom. The van der Waals surface area contributed by atoms with Crippen molar-refractivity contribution >= 4 is 34.7 Å². The van der Waals surface area contributed by atoms with Crippen LogP contribution in [-0.2, 0) is 0 Å². The number of amides is 1. The minimum Gasteiger partial charge on any atom is -0.497 e. The molecule has 0 saturated heterocycles. The molecule has 0 saturated carbocycles. The van der Waals surface area contributed by atoms with Crippen LogP contribution in [0.15, 0.2) is 54.2 Å². The van der Waals surface area contributed by atoms with Crippen LogP contribution < -0.4 is 19.6 Å². The van der Waals surface area contributed by atoms with Gasteiger partial charge in [-0.15, -0.1) is 0 Å². The maximum atomic E-state index is 12.1. The van der Waals surface area contributed by atoms with Gasteiger partial charge < -0.3 is 14.2 Å². The lowest BCUT2D eigenvalue weighted by Crippen LogP contribution is -2.17. The van der Waals surface area contributed by atoms with Crippen molar-refractivity contribution < 1.29 is 19.0 Å². The van der Waals surface area contributed by atoms with Gasteiger partial charge in [0.2, 0.25) is 0 Å². The lowest BCUT2D eigenvalue weighted by atomic mass is 10.2. The first-order valence-electron chi connectivity index (χ1n) is 7.67. The number of carbonyl (C=O) groups is 1. The van der Waals surface area contributed by atoms with Gasteiger partial charge in [-0.3, -0.25) is 4.79 Å². The average Bonchev–Trinajstić information content (AvgIpc) is 2.66. The number of methoxy groups -OCH3 is 2. The summed E-state index contributed by atoms with van der Waals surface area (Å²) in [4.78, 5) is 12.1. The summed E-state index contributed by atoms with van der Waals surface area (Å²) < 4.78 is 16.9. The standard InChI is InChI=1S/C19H19IN2O4/c1-4-9-26-18-16(20)10-13(11-17(18)25-3)12-21-22-19(23)14-5-7-15(24-2)8-6-14/h4-8,10-12H,1,9H2,2-3H3,(H,22,23)/b21-12+. The molecule has 0 fully saturated rings. The number of hydrazone groups is 1. The van der Waals surface area contributed by atoms with E-state index in [0.29, 0.717) is 29.4 Å². The van der Waals surface area contributed by atoms with Crippen LogP contribution in [0.5, 0.6) is 17.2 Å². The van der Waals surface area contributed by atoms with Crippen LogP contribution in [0.4, 0.5) is 0 Å². The van der Waals surface area contributed by atoms with Gasteiger partial charge in [0.15, 0.2) is 11.5 Å². The summed E-state index contributed by atoms with van der Waals surface area (Å²) in [6.45, 7) is 4.02. The first kappa shape index (κ1) is 19.8. The van der Waals surface area contributed by atoms with Gasteiger partial charge in [0.25, 0.3) is 5.91 Å². The number of ether oxygens (including phenoxy) is 3. The van der Waals surface area contributed by atoms with Crippen LogP contribution in [0.25, 0.3) is 0 Å². The molecule has 0 bridgehead atoms. The summed E-state index contributed by atoms with van der Waals surface area (Å²) in [5, 5.41) is 4.00. The molecule has 0 spiro atoms. The first-order valence-corrected chi connectivity index (χ1v) is 8.75. The van der Waals surface area contributed by atoms with Gasteiger partial charge in [0, 0.05) is 5.56 Å². The monoisotopic (exact) mass is 466 g/mol. The topological polar surface area (TPSA) is 69.2 Å². The molecule has 6 nitrogen and oxygen atoms in total. The Hall–Kier alpha value is -2.55. The van der Waals surface area contributed by atoms with E-state index in [1.165, 1.54) is 0 Å². The van der Waals surface area contributed by atoms with E-state index in [1.807, 2.05) is 6.07 Å². The van der Waals surface area contributed by atoms with E-state index in [9.17, 15) is 4.79 Å². The Balaban J connectivity index is 2.08. The Morgan fingerprint density at radius 2 is 1.96 bits per heavy atom. The number of benzene rings is 2. The largest absolute Gasteiger partial charge is 0.497 e. The maximum Gasteiger partial charge on any atom is 0.271 e. The predicted molar refractivity (Wildman–Crippen MR) is 109 cm³/mol. The zero-order valence-corrected chi connectivity index (χ0v) is 16.6. The fraction of sp³-hybridized carbons (Fsp3) is 0.158. The lowest BCUT2D eigenvalue weighted by molar-refractivity contribution is 0.0955. The van der Waals surface area contributed by atoms with Gasteiger partial charge in [0.05, 0.1) is 24.0 Å². The summed E-state index contributed by atoms with van der Waals surface area (Å²) in [7, 11) is 3.14. The molecule has 2 aromatic rings. The number of carbonyl (C=O) groups excluding carboxylic acids is 1. The van der Waals surface area contributed by atoms with Gasteiger partial charge >= 0.3 is 0 Å². The second-order valence-corrected chi connectivity index (χ2v) is 6.22. The molecule has 0 aliphatic rings. The van der Waals surface area contributed by atoms with E-state index in [4.69, 9.17) is 14.2 Å². The molecule has 0 unspecified atom stereocenters. The molecule has 2 aromatic carbocycles. The van der Waals surface area contributed by atoms with Crippen LogP contribution in [0.3, 0.4) is 0 Å². The molecule has 0 radical (unpaired) electrons. The highest BCUT2D eigenvalue weighted by Gasteiger charge is 2.11. The molecule has 7 heteroatoms. The highest BCUT2D eigenvalue weighted by Crippen LogP contribution is 2.33. The van der Waals surface area contributed by atoms with E-state index in [-0.39, 0.29) is 5.91 Å². The van der Waals surface area contributed by atoms with Crippen molar-refractivity contribution in [2.75, 3.05) is 20.8 Å². The van der Waals surface area contributed by atoms with Gasteiger partial charge in [-0.1, -0.05) is 12.7 Å². The fourth-order valence-electron chi connectivity index (χ4n) is 2.07. The zero-order chi connectivity index (χ0) is 18.9. The Kier molecular flexibility index (Phi) is 7.46. The summed E-state index contributed by atoms with van der Waals surface area (Å²) >= 11 is 2.16. The zero-order valence-electron chi connectivity index (χ0n) is 14.5. The van der Waals surface area contributed by atoms with Crippen LogP contribution in [0, 0.1) is 3.57 Å². The van der Waals surface area contributed by atoms with Crippen LogP contribution >= 0.6 is 22.6 Å². The second-order valence-electron chi connectivity index (χ2n) is 5.06. The molecule has 136 valence electrons. The third-order valence-corrected chi connectivity index (χ3v) is 4.13. The second kappa shape index (κ2) is 9.81. The van der Waals surface area contributed by atoms with Crippen molar-refractivity contribution in [3.8, 4) is 17.2 Å². The van der Waals surface area contributed by atoms with Gasteiger partial charge in [-0.25, -0.2) is 5.43 Å². The first-order chi connectivity index (χ1) is 12.6. The minimum absolute atomic E-state index is 0.309. The summed E-state index contributed by atoms with van der Waals surface area (Å²) in [5.41, 5.74) is 3.75. The van der Waals surface area contributed by atoms with Crippen molar-refractivity contribution in [1.29, 1.82) is 0 Å². The molecule has 0 aliphatic heterocycles. The summed E-state index contributed by atoms with van der Waals surface area (Å²) in [6, 6.07) is 10.4. The molecular weight excluding hydrogens is 447 g/mol.